The first kappa shape index (κ1) is 26.0. The number of nitrogens with one attached hydrogen (secondary N) is 2. The molecule has 2 N–H and O–H groups in total. The van der Waals surface area contributed by atoms with E-state index in [2.05, 4.69) is 26.3 Å². The smallest absolute Gasteiger partial charge is 0.263 e. The molecule has 180 valence electrons. The molecule has 2 aromatic carbocycles. The van der Waals surface area contributed by atoms with Crippen LogP contribution in [0.2, 0.25) is 0 Å². The van der Waals surface area contributed by atoms with Crippen LogP contribution >= 0.6 is 7.37 Å². The van der Waals surface area contributed by atoms with Gasteiger partial charge in [0.05, 0.1) is 22.6 Å². The van der Waals surface area contributed by atoms with Gasteiger partial charge in [0.2, 0.25) is 0 Å². The molecule has 0 radical (unpaired) electrons. The second-order valence-corrected chi connectivity index (χ2v) is 10.4. The van der Waals surface area contributed by atoms with Crippen LogP contribution in [0.5, 0.6) is 0 Å². The molecule has 0 spiro atoms. The van der Waals surface area contributed by atoms with Crippen molar-refractivity contribution in [2.45, 2.75) is 26.8 Å². The van der Waals surface area contributed by atoms with Crippen LogP contribution in [0.1, 0.15) is 39.7 Å². The number of aryl methyl sites for hydroxylation is 2. The van der Waals surface area contributed by atoms with Crippen LogP contribution in [0, 0.1) is 18.3 Å². The van der Waals surface area contributed by atoms with Crippen molar-refractivity contribution >= 4 is 35.2 Å². The van der Waals surface area contributed by atoms with Crippen molar-refractivity contribution in [2.75, 3.05) is 14.2 Å². The average Bonchev–Trinajstić information content (AvgIpc) is 3.27. The number of benzene rings is 2. The number of aromatic amines is 1. The monoisotopic (exact) mass is 489 g/mol. The molecule has 2 aromatic heterocycles. The van der Waals surface area contributed by atoms with Crippen molar-refractivity contribution in [2.24, 2.45) is 0 Å². The summed E-state index contributed by atoms with van der Waals surface area (Å²) in [6.45, 7) is 4.73. The third-order valence-electron chi connectivity index (χ3n) is 5.47. The van der Waals surface area contributed by atoms with Crippen LogP contribution in [0.4, 0.5) is 0 Å². The van der Waals surface area contributed by atoms with E-state index in [0.29, 0.717) is 34.3 Å². The van der Waals surface area contributed by atoms with E-state index in [1.807, 2.05) is 39.1 Å². The number of fused-ring (bicyclic) bond motifs is 1. The quantitative estimate of drug-likeness (QED) is 0.299. The summed E-state index contributed by atoms with van der Waals surface area (Å²) in [5, 5.41) is 13.8. The fourth-order valence-electron chi connectivity index (χ4n) is 3.78. The Balaban J connectivity index is 0.000000320. The largest absolute Gasteiger partial charge is 0.352 e. The number of H-pyrrole nitrogens is 1. The summed E-state index contributed by atoms with van der Waals surface area (Å²) in [5.41, 5.74) is 4.35. The van der Waals surface area contributed by atoms with Gasteiger partial charge in [-0.25, -0.2) is 9.97 Å². The van der Waals surface area contributed by atoms with Crippen molar-refractivity contribution in [3.8, 4) is 6.07 Å². The van der Waals surface area contributed by atoms with Gasteiger partial charge in [0.25, 0.3) is 7.37 Å². The van der Waals surface area contributed by atoms with Gasteiger partial charge < -0.3 is 14.8 Å². The molecule has 0 aliphatic carbocycles. The van der Waals surface area contributed by atoms with Gasteiger partial charge in [-0.3, -0.25) is 9.36 Å². The minimum absolute atomic E-state index is 0.233. The first-order valence-corrected chi connectivity index (χ1v) is 12.7. The molecule has 0 bridgehead atoms. The zero-order valence-electron chi connectivity index (χ0n) is 20.2. The molecular weight excluding hydrogens is 461 g/mol. The lowest BCUT2D eigenvalue weighted by Crippen LogP contribution is -2.21. The Hall–Kier alpha value is -3.63. The van der Waals surface area contributed by atoms with E-state index in [9.17, 15) is 14.6 Å². The number of hydrogen-bond donors (Lipinski definition) is 2. The van der Waals surface area contributed by atoms with E-state index < -0.39 is 7.37 Å². The number of hydrogen-bond acceptors (Lipinski definition) is 7. The predicted molar refractivity (Wildman–Crippen MR) is 138 cm³/mol. The molecule has 0 saturated carbocycles. The minimum atomic E-state index is -3.57. The molecule has 0 fully saturated rings. The zero-order chi connectivity index (χ0) is 25.4. The molecule has 9 heteroatoms. The Morgan fingerprint density at radius 2 is 1.91 bits per heavy atom. The fraction of sp³-hybridized carbons (Fsp3) is 0.231. The van der Waals surface area contributed by atoms with Gasteiger partial charge in [0, 0.05) is 47.8 Å². The number of nitrogens with zero attached hydrogens (tertiary/aromatic N) is 3. The lowest BCUT2D eigenvalue weighted by atomic mass is 10.1. The van der Waals surface area contributed by atoms with Crippen LogP contribution in [0.15, 0.2) is 55.1 Å². The highest BCUT2D eigenvalue weighted by molar-refractivity contribution is 7.75. The minimum Gasteiger partial charge on any atom is -0.352 e. The highest BCUT2D eigenvalue weighted by Gasteiger charge is 2.34. The molecule has 0 aliphatic rings. The predicted octanol–water partition coefficient (Wildman–Crippen LogP) is 3.79. The standard InChI is InChI=1S/C20H19N2O3P.C6H9N3/c1-4-14-8-15(11-21)10-16(9-14)26(24,25-3)20-17-7-13(2)5-6-18(17)22-19(20)12-23;1-7-2-6-3-8-5-9-4-6/h5-10,12,22H,4H2,1-3H3;3-5,7H,2H2,1H3. The summed E-state index contributed by atoms with van der Waals surface area (Å²) in [6.07, 6.45) is 6.47. The first-order valence-electron chi connectivity index (χ1n) is 11.1. The second-order valence-electron chi connectivity index (χ2n) is 7.92. The molecule has 1 unspecified atom stereocenters. The van der Waals surface area contributed by atoms with E-state index in [0.717, 1.165) is 28.8 Å². The summed E-state index contributed by atoms with van der Waals surface area (Å²) >= 11 is 0. The number of nitriles is 1. The van der Waals surface area contributed by atoms with Gasteiger partial charge >= 0.3 is 0 Å². The van der Waals surface area contributed by atoms with E-state index in [1.54, 1.807) is 30.6 Å². The van der Waals surface area contributed by atoms with Crippen molar-refractivity contribution in [1.29, 1.82) is 5.26 Å². The average molecular weight is 490 g/mol. The van der Waals surface area contributed by atoms with Crippen molar-refractivity contribution in [3.63, 3.8) is 0 Å². The van der Waals surface area contributed by atoms with Crippen molar-refractivity contribution in [1.82, 2.24) is 20.3 Å². The summed E-state index contributed by atoms with van der Waals surface area (Å²) in [4.78, 5) is 22.4. The summed E-state index contributed by atoms with van der Waals surface area (Å²) in [5.74, 6) is 0. The van der Waals surface area contributed by atoms with Crippen LogP contribution in [-0.2, 0) is 22.1 Å². The molecule has 0 saturated heterocycles. The van der Waals surface area contributed by atoms with E-state index >= 15 is 0 Å². The number of carbonyl (C=O) groups is 1. The van der Waals surface area contributed by atoms with Crippen LogP contribution in [-0.4, -0.2) is 35.4 Å². The number of aldehydes is 1. The van der Waals surface area contributed by atoms with E-state index in [1.165, 1.54) is 13.4 Å². The van der Waals surface area contributed by atoms with Gasteiger partial charge in [0.1, 0.15) is 6.33 Å². The third-order valence-corrected chi connectivity index (χ3v) is 8.00. The third kappa shape index (κ3) is 5.72. The summed E-state index contributed by atoms with van der Waals surface area (Å²) in [7, 11) is -0.305. The Morgan fingerprint density at radius 3 is 2.51 bits per heavy atom. The Bertz CT molecular complexity index is 1410. The van der Waals surface area contributed by atoms with Gasteiger partial charge in [-0.1, -0.05) is 18.6 Å². The van der Waals surface area contributed by atoms with E-state index in [-0.39, 0.29) is 5.69 Å². The van der Waals surface area contributed by atoms with Gasteiger partial charge in [0.15, 0.2) is 6.29 Å². The zero-order valence-corrected chi connectivity index (χ0v) is 21.1. The fourth-order valence-corrected chi connectivity index (χ4v) is 6.00. The molecule has 4 rings (SSSR count). The van der Waals surface area contributed by atoms with Crippen molar-refractivity contribution < 1.29 is 13.9 Å². The maximum absolute atomic E-state index is 14.0. The highest BCUT2D eigenvalue weighted by Crippen LogP contribution is 2.47. The van der Waals surface area contributed by atoms with Gasteiger partial charge in [-0.2, -0.15) is 5.26 Å². The van der Waals surface area contributed by atoms with Gasteiger partial charge in [-0.15, -0.1) is 0 Å². The maximum atomic E-state index is 14.0. The lowest BCUT2D eigenvalue weighted by Gasteiger charge is -2.18. The summed E-state index contributed by atoms with van der Waals surface area (Å²) < 4.78 is 19.5. The molecular formula is C26H28N5O3P. The number of aromatic nitrogens is 3. The van der Waals surface area contributed by atoms with Crippen LogP contribution in [0.3, 0.4) is 0 Å². The molecule has 2 heterocycles. The molecule has 0 amide bonds. The van der Waals surface area contributed by atoms with Crippen LogP contribution < -0.4 is 15.9 Å². The molecule has 1 atom stereocenters. The number of rotatable bonds is 7. The molecule has 8 nitrogen and oxygen atoms in total. The van der Waals surface area contributed by atoms with Crippen molar-refractivity contribution in [3.05, 3.63) is 83.1 Å². The normalized spacial score (nSPS) is 12.3. The van der Waals surface area contributed by atoms with E-state index in [4.69, 9.17) is 4.52 Å². The van der Waals surface area contributed by atoms with Gasteiger partial charge in [-0.05, 0) is 56.3 Å². The lowest BCUT2D eigenvalue weighted by molar-refractivity contribution is 0.112. The first-order chi connectivity index (χ1) is 16.9. The molecule has 35 heavy (non-hydrogen) atoms. The Labute approximate surface area is 204 Å². The Kier molecular flexibility index (Phi) is 8.67. The SMILES string of the molecule is CCc1cc(C#N)cc(P(=O)(OC)c2c(C=O)[nH]c3ccc(C)cc23)c1.CNCc1cncnc1. The van der Waals surface area contributed by atoms with Crippen LogP contribution in [0.25, 0.3) is 10.9 Å². The second kappa shape index (κ2) is 11.7. The highest BCUT2D eigenvalue weighted by atomic mass is 31.2. The summed E-state index contributed by atoms with van der Waals surface area (Å²) in [6, 6.07) is 12.9. The maximum Gasteiger partial charge on any atom is 0.263 e. The topological polar surface area (TPSA) is 121 Å². The Morgan fingerprint density at radius 1 is 1.17 bits per heavy atom. The molecule has 0 aliphatic heterocycles. The molecule has 4 aromatic rings. The number of carbonyl (C=O) groups excluding carboxylic acids is 1.